The first kappa shape index (κ1) is 7.16. The maximum absolute atomic E-state index is 3.52. The van der Waals surface area contributed by atoms with Gasteiger partial charge >= 0.3 is 0 Å². The molecule has 0 spiro atoms. The number of thioether (sulfide) groups is 1. The van der Waals surface area contributed by atoms with Crippen molar-refractivity contribution in [2.24, 2.45) is 0 Å². The fourth-order valence-corrected chi connectivity index (χ4v) is 3.62. The summed E-state index contributed by atoms with van der Waals surface area (Å²) in [5.74, 6) is 0. The van der Waals surface area contributed by atoms with Crippen molar-refractivity contribution in [2.45, 2.75) is 17.0 Å². The number of allylic oxidation sites excluding steroid dienone is 1. The van der Waals surface area contributed by atoms with Gasteiger partial charge < -0.3 is 0 Å². The van der Waals surface area contributed by atoms with Crippen molar-refractivity contribution in [1.82, 2.24) is 0 Å². The summed E-state index contributed by atoms with van der Waals surface area (Å²) in [5, 5.41) is 0.685. The second-order valence-electron chi connectivity index (χ2n) is 1.74. The second-order valence-corrected chi connectivity index (χ2v) is 5.59. The van der Waals surface area contributed by atoms with E-state index in [0.29, 0.717) is 10.1 Å². The Morgan fingerprint density at radius 2 is 2.38 bits per heavy atom. The molecule has 1 rings (SSSR count). The van der Waals surface area contributed by atoms with Crippen LogP contribution in [-0.4, -0.2) is 10.1 Å². The highest BCUT2D eigenvalue weighted by atomic mass is 79.9. The number of alkyl halides is 1. The predicted octanol–water partition coefficient (Wildman–Crippen LogP) is 3.12. The lowest BCUT2D eigenvalue weighted by atomic mass is 10.3. The zero-order chi connectivity index (χ0) is 6.15. The lowest BCUT2D eigenvalue weighted by Crippen LogP contribution is -2.03. The molecule has 8 heavy (non-hydrogen) atoms. The van der Waals surface area contributed by atoms with Crippen LogP contribution in [0.5, 0.6) is 0 Å². The molecular formula is C5H6Br2S. The van der Waals surface area contributed by atoms with Gasteiger partial charge in [0.15, 0.2) is 0 Å². The molecule has 46 valence electrons. The molecule has 2 unspecified atom stereocenters. The zero-order valence-electron chi connectivity index (χ0n) is 4.40. The summed E-state index contributed by atoms with van der Waals surface area (Å²) in [4.78, 5) is 0.557. The van der Waals surface area contributed by atoms with Gasteiger partial charge in [-0.15, -0.1) is 11.8 Å². The lowest BCUT2D eigenvalue weighted by molar-refractivity contribution is 1.04. The first-order chi connectivity index (χ1) is 3.70. The number of hydrogen-bond acceptors (Lipinski definition) is 1. The maximum Gasteiger partial charge on any atom is 0.0477 e. The van der Waals surface area contributed by atoms with E-state index in [9.17, 15) is 0 Å². The Morgan fingerprint density at radius 3 is 2.50 bits per heavy atom. The summed E-state index contributed by atoms with van der Waals surface area (Å²) in [6.45, 7) is 2.20. The first-order valence-electron chi connectivity index (χ1n) is 2.38. The van der Waals surface area contributed by atoms with Gasteiger partial charge in [-0.1, -0.05) is 22.9 Å². The van der Waals surface area contributed by atoms with Crippen LogP contribution in [0.2, 0.25) is 0 Å². The molecule has 0 aromatic carbocycles. The van der Waals surface area contributed by atoms with Gasteiger partial charge in [-0.25, -0.2) is 0 Å². The van der Waals surface area contributed by atoms with E-state index < -0.39 is 0 Å². The maximum atomic E-state index is 3.52. The molecule has 0 aliphatic carbocycles. The van der Waals surface area contributed by atoms with E-state index in [0.717, 1.165) is 0 Å². The molecule has 1 aliphatic rings. The fraction of sp³-hybridized carbons (Fsp3) is 0.600. The summed E-state index contributed by atoms with van der Waals surface area (Å²) in [6.07, 6.45) is 2.18. The van der Waals surface area contributed by atoms with E-state index in [1.165, 1.54) is 3.81 Å². The molecule has 3 heteroatoms. The largest absolute Gasteiger partial charge is 0.114 e. The normalized spacial score (nSPS) is 37.6. The van der Waals surface area contributed by atoms with Crippen molar-refractivity contribution in [3.8, 4) is 0 Å². The molecule has 0 saturated heterocycles. The molecule has 1 aliphatic heterocycles. The minimum atomic E-state index is 0.557. The van der Waals surface area contributed by atoms with Crippen LogP contribution in [-0.2, 0) is 0 Å². The first-order valence-corrected chi connectivity index (χ1v) is 4.97. The number of hydrogen-bond donors (Lipinski definition) is 0. The summed E-state index contributed by atoms with van der Waals surface area (Å²) < 4.78 is 1.26. The van der Waals surface area contributed by atoms with Gasteiger partial charge in [0.25, 0.3) is 0 Å². The van der Waals surface area contributed by atoms with Crippen molar-refractivity contribution in [1.29, 1.82) is 0 Å². The smallest absolute Gasteiger partial charge is 0.0477 e. The van der Waals surface area contributed by atoms with E-state index >= 15 is 0 Å². The van der Waals surface area contributed by atoms with Crippen molar-refractivity contribution >= 4 is 43.6 Å². The van der Waals surface area contributed by atoms with Crippen molar-refractivity contribution in [3.63, 3.8) is 0 Å². The Balaban J connectivity index is 2.56. The van der Waals surface area contributed by atoms with Crippen molar-refractivity contribution in [3.05, 3.63) is 9.89 Å². The molecule has 0 saturated carbocycles. The monoisotopic (exact) mass is 256 g/mol. The van der Waals surface area contributed by atoms with Crippen LogP contribution >= 0.6 is 43.6 Å². The minimum absolute atomic E-state index is 0.557. The number of halogens is 2. The highest BCUT2D eigenvalue weighted by Crippen LogP contribution is 2.38. The van der Waals surface area contributed by atoms with Crippen LogP contribution in [0.4, 0.5) is 0 Å². The molecule has 2 atom stereocenters. The number of rotatable bonds is 0. The molecule has 0 bridgehead atoms. The molecule has 0 amide bonds. The van der Waals surface area contributed by atoms with Gasteiger partial charge in [-0.3, -0.25) is 0 Å². The highest BCUT2D eigenvalue weighted by Gasteiger charge is 2.19. The summed E-state index contributed by atoms with van der Waals surface area (Å²) in [6, 6.07) is 0. The summed E-state index contributed by atoms with van der Waals surface area (Å²) in [7, 11) is 0. The van der Waals surface area contributed by atoms with Crippen LogP contribution in [0.25, 0.3) is 0 Å². The van der Waals surface area contributed by atoms with Crippen LogP contribution in [0.15, 0.2) is 9.89 Å². The Morgan fingerprint density at radius 1 is 1.75 bits per heavy atom. The molecule has 1 heterocycles. The summed E-state index contributed by atoms with van der Waals surface area (Å²) in [5.41, 5.74) is 0. The van der Waals surface area contributed by atoms with Crippen molar-refractivity contribution < 1.29 is 0 Å². The second kappa shape index (κ2) is 2.76. The topological polar surface area (TPSA) is 0 Å². The van der Waals surface area contributed by atoms with Gasteiger partial charge in [0.1, 0.15) is 0 Å². The SMILES string of the molecule is CC1SC(Br)=CC1Br. The average Bonchev–Trinajstić information content (AvgIpc) is 1.85. The van der Waals surface area contributed by atoms with Gasteiger partial charge in [0.2, 0.25) is 0 Å². The van der Waals surface area contributed by atoms with E-state index in [2.05, 4.69) is 44.9 Å². The molecule has 0 aromatic heterocycles. The highest BCUT2D eigenvalue weighted by molar-refractivity contribution is 9.14. The Hall–Kier alpha value is 1.05. The minimum Gasteiger partial charge on any atom is -0.114 e. The Bertz CT molecular complexity index is 122. The van der Waals surface area contributed by atoms with Gasteiger partial charge in [0, 0.05) is 13.9 Å². The van der Waals surface area contributed by atoms with Crippen LogP contribution in [0.1, 0.15) is 6.92 Å². The van der Waals surface area contributed by atoms with E-state index in [4.69, 9.17) is 0 Å². The van der Waals surface area contributed by atoms with Crippen molar-refractivity contribution in [2.75, 3.05) is 0 Å². The Labute approximate surface area is 70.4 Å². The fourth-order valence-electron chi connectivity index (χ4n) is 0.543. The third kappa shape index (κ3) is 1.52. The van der Waals surface area contributed by atoms with Crippen LogP contribution in [0, 0.1) is 0 Å². The van der Waals surface area contributed by atoms with E-state index in [1.54, 1.807) is 0 Å². The quantitative estimate of drug-likeness (QED) is 0.601. The van der Waals surface area contributed by atoms with E-state index in [-0.39, 0.29) is 0 Å². The molecule has 0 N–H and O–H groups in total. The van der Waals surface area contributed by atoms with Gasteiger partial charge in [0.05, 0.1) is 0 Å². The van der Waals surface area contributed by atoms with Crippen LogP contribution < -0.4 is 0 Å². The van der Waals surface area contributed by atoms with Crippen LogP contribution in [0.3, 0.4) is 0 Å². The Kier molecular flexibility index (Phi) is 2.47. The molecule has 0 radical (unpaired) electrons. The third-order valence-corrected chi connectivity index (χ3v) is 4.30. The average molecular weight is 258 g/mol. The summed E-state index contributed by atoms with van der Waals surface area (Å²) >= 11 is 8.79. The molecule has 0 nitrogen and oxygen atoms in total. The predicted molar refractivity (Wildman–Crippen MR) is 46.8 cm³/mol. The molecule has 0 fully saturated rings. The molecular weight excluding hydrogens is 252 g/mol. The van der Waals surface area contributed by atoms with Gasteiger partial charge in [-0.05, 0) is 22.0 Å². The third-order valence-electron chi connectivity index (χ3n) is 1.04. The standard InChI is InChI=1S/C5H6Br2S/c1-3-4(6)2-5(7)8-3/h2-4H,1H3. The van der Waals surface area contributed by atoms with E-state index in [1.807, 2.05) is 11.8 Å². The zero-order valence-corrected chi connectivity index (χ0v) is 8.38. The van der Waals surface area contributed by atoms with Gasteiger partial charge in [-0.2, -0.15) is 0 Å². The molecule has 0 aromatic rings. The lowest BCUT2D eigenvalue weighted by Gasteiger charge is -2.02.